The maximum Gasteiger partial charge on any atom is 0.335 e. The van der Waals surface area contributed by atoms with E-state index in [-0.39, 0.29) is 59.2 Å². The Kier molecular flexibility index (Phi) is 7.90. The highest BCUT2D eigenvalue weighted by Gasteiger charge is 2.76. The van der Waals surface area contributed by atoms with E-state index >= 15 is 4.39 Å². The van der Waals surface area contributed by atoms with Crippen LogP contribution < -0.4 is 9.47 Å². The predicted molar refractivity (Wildman–Crippen MR) is 168 cm³/mol. The largest absolute Gasteiger partial charge is 0.496 e. The van der Waals surface area contributed by atoms with Crippen LogP contribution in [0.4, 0.5) is 4.39 Å². The number of rotatable bonds is 8. The molecule has 2 aromatic rings. The van der Waals surface area contributed by atoms with Crippen LogP contribution in [0.1, 0.15) is 67.3 Å². The van der Waals surface area contributed by atoms with Gasteiger partial charge in [0.25, 0.3) is 0 Å². The molecule has 4 fully saturated rings. The van der Waals surface area contributed by atoms with E-state index in [9.17, 15) is 29.7 Å². The number of fused-ring (bicyclic) bond motifs is 7. The Balaban J connectivity index is 1.21. The molecule has 2 aromatic carbocycles. The first-order chi connectivity index (χ1) is 22.9. The van der Waals surface area contributed by atoms with Crippen molar-refractivity contribution in [2.45, 2.75) is 70.2 Å². The summed E-state index contributed by atoms with van der Waals surface area (Å²) in [6.07, 6.45) is 4.03. The van der Waals surface area contributed by atoms with Gasteiger partial charge in [-0.05, 0) is 79.5 Å². The maximum absolute atomic E-state index is 16.3. The lowest BCUT2D eigenvalue weighted by Crippen LogP contribution is -2.63. The molecule has 0 aromatic heterocycles. The van der Waals surface area contributed by atoms with Crippen molar-refractivity contribution in [3.63, 3.8) is 0 Å². The van der Waals surface area contributed by atoms with Crippen LogP contribution in [0.25, 0.3) is 0 Å². The van der Waals surface area contributed by atoms with Crippen LogP contribution in [0.15, 0.2) is 60.2 Å². The maximum atomic E-state index is 16.3. The first kappa shape index (κ1) is 32.6. The highest BCUT2D eigenvalue weighted by atomic mass is 19.1. The number of aliphatic hydroxyl groups excluding tert-OH is 2. The van der Waals surface area contributed by atoms with E-state index in [1.807, 2.05) is 13.0 Å². The van der Waals surface area contributed by atoms with Crippen molar-refractivity contribution in [1.82, 2.24) is 0 Å². The number of aromatic carboxylic acids is 1. The summed E-state index contributed by atoms with van der Waals surface area (Å²) in [4.78, 5) is 37.5. The van der Waals surface area contributed by atoms with E-state index in [4.69, 9.17) is 18.9 Å². The molecular formula is C37H39FO10. The fourth-order valence-corrected chi connectivity index (χ4v) is 9.83. The summed E-state index contributed by atoms with van der Waals surface area (Å²) < 4.78 is 40.7. The highest BCUT2D eigenvalue weighted by molar-refractivity contribution is 6.01. The van der Waals surface area contributed by atoms with Gasteiger partial charge >= 0.3 is 5.97 Å². The third-order valence-corrected chi connectivity index (χ3v) is 11.9. The third-order valence-electron chi connectivity index (χ3n) is 11.9. The number of methoxy groups -OCH3 is 1. The first-order valence-electron chi connectivity index (χ1n) is 16.3. The number of carboxylic acid groups (broad SMARTS) is 1. The molecule has 1 heterocycles. The van der Waals surface area contributed by atoms with Crippen molar-refractivity contribution >= 4 is 17.5 Å². The van der Waals surface area contributed by atoms with Gasteiger partial charge in [-0.2, -0.15) is 0 Å². The quantitative estimate of drug-likeness (QED) is 0.363. The molecule has 0 spiro atoms. The predicted octanol–water partition coefficient (Wildman–Crippen LogP) is 4.71. The van der Waals surface area contributed by atoms with E-state index in [1.165, 1.54) is 31.4 Å². The number of hydrogen-bond donors (Lipinski definition) is 3. The second-order valence-corrected chi connectivity index (χ2v) is 14.1. The number of benzene rings is 2. The molecular weight excluding hydrogens is 623 g/mol. The van der Waals surface area contributed by atoms with Crippen LogP contribution in [-0.2, 0) is 25.7 Å². The average Bonchev–Trinajstić information content (AvgIpc) is 3.56. The lowest BCUT2D eigenvalue weighted by atomic mass is 9.46. The highest BCUT2D eigenvalue weighted by Crippen LogP contribution is 2.70. The number of ether oxygens (including phenoxy) is 4. The minimum Gasteiger partial charge on any atom is -0.496 e. The van der Waals surface area contributed by atoms with Crippen molar-refractivity contribution in [2.24, 2.45) is 28.6 Å². The van der Waals surface area contributed by atoms with Crippen molar-refractivity contribution < 1.29 is 53.0 Å². The van der Waals surface area contributed by atoms with E-state index < -0.39 is 59.1 Å². The lowest BCUT2D eigenvalue weighted by Gasteiger charge is -2.59. The summed E-state index contributed by atoms with van der Waals surface area (Å²) in [5.41, 5.74) is -1.68. The number of Topliss-reactive ketones (excluding diaryl/α,β-unsaturated/α-hetero) is 1. The molecule has 0 radical (unpaired) electrons. The van der Waals surface area contributed by atoms with E-state index in [2.05, 4.69) is 6.92 Å². The minimum atomic E-state index is -1.68. The normalized spacial score (nSPS) is 36.4. The van der Waals surface area contributed by atoms with Gasteiger partial charge in [-0.25, -0.2) is 9.18 Å². The smallest absolute Gasteiger partial charge is 0.335 e. The Morgan fingerprint density at radius 2 is 1.92 bits per heavy atom. The Bertz CT molecular complexity index is 1750. The molecule has 9 atom stereocenters. The Morgan fingerprint density at radius 1 is 1.15 bits per heavy atom. The molecule has 11 heteroatoms. The van der Waals surface area contributed by atoms with Gasteiger partial charge in [0, 0.05) is 16.7 Å². The van der Waals surface area contributed by atoms with Gasteiger partial charge in [0.05, 0.1) is 30.4 Å². The van der Waals surface area contributed by atoms with Gasteiger partial charge in [0.2, 0.25) is 0 Å². The number of hydrogen-bond acceptors (Lipinski definition) is 9. The number of carboxylic acids is 1. The molecule has 0 bridgehead atoms. The monoisotopic (exact) mass is 662 g/mol. The molecule has 0 amide bonds. The fraction of sp³-hybridized carbons (Fsp3) is 0.486. The van der Waals surface area contributed by atoms with Gasteiger partial charge in [-0.1, -0.05) is 37.6 Å². The van der Waals surface area contributed by atoms with E-state index in [0.29, 0.717) is 24.8 Å². The Morgan fingerprint density at radius 3 is 2.65 bits per heavy atom. The molecule has 10 nitrogen and oxygen atoms in total. The number of ketones is 2. The summed E-state index contributed by atoms with van der Waals surface area (Å²) >= 11 is 0. The molecule has 254 valence electrons. The molecule has 48 heavy (non-hydrogen) atoms. The van der Waals surface area contributed by atoms with E-state index in [1.54, 1.807) is 24.3 Å². The van der Waals surface area contributed by atoms with Crippen LogP contribution in [-0.4, -0.2) is 64.4 Å². The zero-order valence-electron chi connectivity index (χ0n) is 27.0. The SMILES string of the molecule is COc1ccc(OCc2cccc(C(=O)O)c2)c(F)c1[C@@H]1O[C@@H]2C[C@H]3[C@@H]4CCC5=CC(=O)C=C[C@]5(C)[C@H]4[C@@H](O)C[C@]3(C)[C@]2(C(=O)CO)O1. The second-order valence-electron chi connectivity index (χ2n) is 14.1. The fourth-order valence-electron chi connectivity index (χ4n) is 9.83. The van der Waals surface area contributed by atoms with Crippen molar-refractivity contribution in [3.8, 4) is 11.5 Å². The molecule has 4 aliphatic carbocycles. The van der Waals surface area contributed by atoms with Crippen LogP contribution in [0.3, 0.4) is 0 Å². The molecule has 5 aliphatic rings. The van der Waals surface area contributed by atoms with Gasteiger partial charge in [0.15, 0.2) is 35.0 Å². The standard InChI is InChI=1S/C37H39FO10/c1-35-12-11-22(40)14-21(35)7-8-23-24-15-29-37(28(42)17-39,36(24,2)16-25(41)31(23)35)48-34(47-29)30-26(45-3)9-10-27(32(30)38)46-18-19-5-4-6-20(13-19)33(43)44/h4-6,9-14,23-25,29,31,34,39,41H,7-8,15-18H2,1-3H3,(H,43,44)/t23-,24-,25-,29+,31+,34+,35-,36-,37+/m0/s1. The third kappa shape index (κ3) is 4.62. The molecule has 7 rings (SSSR count). The number of allylic oxidation sites excluding steroid dienone is 4. The number of carbonyl (C=O) groups is 3. The summed E-state index contributed by atoms with van der Waals surface area (Å²) in [5, 5.41) is 31.5. The zero-order valence-corrected chi connectivity index (χ0v) is 27.0. The molecule has 0 unspecified atom stereocenters. The van der Waals surface area contributed by atoms with Crippen molar-refractivity contribution in [2.75, 3.05) is 13.7 Å². The Labute approximate surface area is 277 Å². The molecule has 1 aliphatic heterocycles. The Hall–Kier alpha value is -3.90. The van der Waals surface area contributed by atoms with Crippen LogP contribution in [0.2, 0.25) is 0 Å². The van der Waals surface area contributed by atoms with Crippen LogP contribution in [0.5, 0.6) is 11.5 Å². The van der Waals surface area contributed by atoms with Crippen LogP contribution >= 0.6 is 0 Å². The van der Waals surface area contributed by atoms with Crippen molar-refractivity contribution in [1.29, 1.82) is 0 Å². The summed E-state index contributed by atoms with van der Waals surface area (Å²) in [6.45, 7) is 3.02. The number of carbonyl (C=O) groups excluding carboxylic acids is 2. The van der Waals surface area contributed by atoms with Gasteiger partial charge in [-0.3, -0.25) is 9.59 Å². The first-order valence-corrected chi connectivity index (χ1v) is 16.3. The summed E-state index contributed by atoms with van der Waals surface area (Å²) in [7, 11) is 1.37. The summed E-state index contributed by atoms with van der Waals surface area (Å²) in [5.74, 6) is -2.98. The summed E-state index contributed by atoms with van der Waals surface area (Å²) in [6, 6.07) is 9.01. The molecule has 1 saturated heterocycles. The van der Waals surface area contributed by atoms with Gasteiger partial charge in [0.1, 0.15) is 19.0 Å². The van der Waals surface area contributed by atoms with Gasteiger partial charge in [-0.15, -0.1) is 0 Å². The molecule has 3 saturated carbocycles. The lowest BCUT2D eigenvalue weighted by molar-refractivity contribution is -0.201. The van der Waals surface area contributed by atoms with Crippen molar-refractivity contribution in [3.05, 3.63) is 82.7 Å². The van der Waals surface area contributed by atoms with Gasteiger partial charge < -0.3 is 34.3 Å². The number of halogens is 1. The molecule has 3 N–H and O–H groups in total. The topological polar surface area (TPSA) is 149 Å². The second kappa shape index (κ2) is 11.6. The van der Waals surface area contributed by atoms with Crippen LogP contribution in [0, 0.1) is 34.4 Å². The number of aliphatic hydroxyl groups is 2. The zero-order chi connectivity index (χ0) is 34.2. The average molecular weight is 663 g/mol. The van der Waals surface area contributed by atoms with E-state index in [0.717, 1.165) is 5.57 Å². The minimum absolute atomic E-state index is 0.0269.